The fraction of sp³-hybridized carbons (Fsp3) is 0.250. The number of anilines is 2. The van der Waals surface area contributed by atoms with Crippen LogP contribution in [0, 0.1) is 19.3 Å². The van der Waals surface area contributed by atoms with Gasteiger partial charge in [-0.2, -0.15) is 9.97 Å². The molecule has 0 spiro atoms. The van der Waals surface area contributed by atoms with Gasteiger partial charge in [0.05, 0.1) is 20.0 Å². The van der Waals surface area contributed by atoms with E-state index in [0.29, 0.717) is 23.5 Å². The molecule has 2 aromatic carbocycles. The number of methoxy groups -OCH3 is 1. The average molecular weight is 449 g/mol. The van der Waals surface area contributed by atoms with Crippen molar-refractivity contribution in [3.63, 3.8) is 0 Å². The van der Waals surface area contributed by atoms with Gasteiger partial charge in [-0.1, -0.05) is 24.3 Å². The van der Waals surface area contributed by atoms with Crippen molar-refractivity contribution in [1.82, 2.24) is 19.5 Å². The molecule has 0 radical (unpaired) electrons. The van der Waals surface area contributed by atoms with E-state index in [2.05, 4.69) is 46.2 Å². The van der Waals surface area contributed by atoms with E-state index >= 15 is 0 Å². The zero-order valence-corrected chi connectivity index (χ0v) is 19.1. The van der Waals surface area contributed by atoms with Crippen LogP contribution in [0.15, 0.2) is 42.7 Å². The van der Waals surface area contributed by atoms with Gasteiger partial charge in [-0.25, -0.2) is 4.98 Å². The van der Waals surface area contributed by atoms with Crippen LogP contribution in [0.25, 0.3) is 11.2 Å². The van der Waals surface area contributed by atoms with Crippen LogP contribution in [0.2, 0.25) is 5.28 Å². The second-order valence-electron chi connectivity index (χ2n) is 7.71. The number of ether oxygens (including phenoxy) is 1. The number of rotatable bonds is 8. The Kier molecular flexibility index (Phi) is 6.37. The van der Waals surface area contributed by atoms with E-state index in [4.69, 9.17) is 21.7 Å². The average Bonchev–Trinajstić information content (AvgIpc) is 3.17. The van der Waals surface area contributed by atoms with Crippen LogP contribution in [0.5, 0.6) is 5.75 Å². The van der Waals surface area contributed by atoms with Crippen molar-refractivity contribution in [1.29, 1.82) is 5.41 Å². The molecule has 0 atom stereocenters. The highest BCUT2D eigenvalue weighted by atomic mass is 35.5. The van der Waals surface area contributed by atoms with Gasteiger partial charge < -0.3 is 20.0 Å². The van der Waals surface area contributed by atoms with Gasteiger partial charge in [0, 0.05) is 5.69 Å². The van der Waals surface area contributed by atoms with E-state index in [1.807, 2.05) is 28.8 Å². The summed E-state index contributed by atoms with van der Waals surface area (Å²) in [6, 6.07) is 12.2. The van der Waals surface area contributed by atoms with Gasteiger partial charge in [-0.15, -0.1) is 0 Å². The quantitative estimate of drug-likeness (QED) is 0.275. The molecule has 0 amide bonds. The van der Waals surface area contributed by atoms with Crippen LogP contribution in [0.3, 0.4) is 0 Å². The zero-order valence-electron chi connectivity index (χ0n) is 18.3. The Hall–Kier alpha value is -3.45. The van der Waals surface area contributed by atoms with Gasteiger partial charge >= 0.3 is 0 Å². The minimum absolute atomic E-state index is 0.161. The molecule has 4 aromatic rings. The number of aromatic nitrogens is 4. The Bertz CT molecular complexity index is 1240. The van der Waals surface area contributed by atoms with Crippen LogP contribution in [-0.4, -0.2) is 32.8 Å². The van der Waals surface area contributed by atoms with E-state index < -0.39 is 0 Å². The molecule has 2 heterocycles. The lowest BCUT2D eigenvalue weighted by atomic mass is 10.0. The third-order valence-electron chi connectivity index (χ3n) is 5.36. The maximum Gasteiger partial charge on any atom is 0.226 e. The number of nitrogens with one attached hydrogen (secondary N) is 2. The fourth-order valence-electron chi connectivity index (χ4n) is 3.80. The summed E-state index contributed by atoms with van der Waals surface area (Å²) in [5.41, 5.74) is 6.82. The van der Waals surface area contributed by atoms with Crippen molar-refractivity contribution in [2.24, 2.45) is 0 Å². The van der Waals surface area contributed by atoms with E-state index in [-0.39, 0.29) is 5.28 Å². The lowest BCUT2D eigenvalue weighted by molar-refractivity contribution is 0.414. The van der Waals surface area contributed by atoms with Gasteiger partial charge in [-0.3, -0.25) is 0 Å². The topological polar surface area (TPSA) is 88.7 Å². The molecule has 8 heteroatoms. The number of imidazole rings is 1. The predicted molar refractivity (Wildman–Crippen MR) is 129 cm³/mol. The molecular weight excluding hydrogens is 424 g/mol. The van der Waals surface area contributed by atoms with Gasteiger partial charge in [0.1, 0.15) is 5.75 Å². The molecule has 0 fully saturated rings. The van der Waals surface area contributed by atoms with Gasteiger partial charge in [0.25, 0.3) is 0 Å². The number of aryl methyl sites for hydroxylation is 3. The molecule has 0 bridgehead atoms. The highest BCUT2D eigenvalue weighted by Crippen LogP contribution is 2.30. The molecule has 2 N–H and O–H groups in total. The summed E-state index contributed by atoms with van der Waals surface area (Å²) < 4.78 is 7.19. The molecule has 4 rings (SSSR count). The minimum atomic E-state index is 0.161. The second kappa shape index (κ2) is 9.36. The Morgan fingerprint density at radius 2 is 1.81 bits per heavy atom. The maximum atomic E-state index is 7.26. The molecular formula is C24H25ClN6O. The van der Waals surface area contributed by atoms with Crippen LogP contribution >= 0.6 is 11.6 Å². The van der Waals surface area contributed by atoms with E-state index in [1.54, 1.807) is 13.4 Å². The molecule has 32 heavy (non-hydrogen) atoms. The number of hydrogen-bond donors (Lipinski definition) is 2. The van der Waals surface area contributed by atoms with Crippen LogP contribution < -0.4 is 10.1 Å². The highest BCUT2D eigenvalue weighted by Gasteiger charge is 2.15. The van der Waals surface area contributed by atoms with Crippen molar-refractivity contribution in [2.45, 2.75) is 33.2 Å². The predicted octanol–water partition coefficient (Wildman–Crippen LogP) is 5.48. The van der Waals surface area contributed by atoms with Crippen molar-refractivity contribution in [3.05, 3.63) is 70.3 Å². The van der Waals surface area contributed by atoms with Crippen LogP contribution in [-0.2, 0) is 13.0 Å². The number of halogens is 1. The summed E-state index contributed by atoms with van der Waals surface area (Å²) in [5.74, 6) is 1.39. The van der Waals surface area contributed by atoms with E-state index in [9.17, 15) is 0 Å². The first kappa shape index (κ1) is 21.8. The Morgan fingerprint density at radius 3 is 2.47 bits per heavy atom. The monoisotopic (exact) mass is 448 g/mol. The Morgan fingerprint density at radius 1 is 1.09 bits per heavy atom. The largest absolute Gasteiger partial charge is 0.497 e. The summed E-state index contributed by atoms with van der Waals surface area (Å²) in [7, 11) is 1.65. The van der Waals surface area contributed by atoms with Gasteiger partial charge in [0.15, 0.2) is 17.0 Å². The SMILES string of the molecule is COc1ccc(Cn2cnc3c(Nc4c(C)cc(CCC=N)cc4C)nc(Cl)nc32)cc1. The summed E-state index contributed by atoms with van der Waals surface area (Å²) in [6.07, 6.45) is 4.79. The summed E-state index contributed by atoms with van der Waals surface area (Å²) in [4.78, 5) is 13.4. The molecule has 164 valence electrons. The van der Waals surface area contributed by atoms with E-state index in [0.717, 1.165) is 41.0 Å². The smallest absolute Gasteiger partial charge is 0.226 e. The molecule has 0 saturated carbocycles. The first-order valence-corrected chi connectivity index (χ1v) is 10.7. The summed E-state index contributed by atoms with van der Waals surface area (Å²) in [6.45, 7) is 4.73. The van der Waals surface area contributed by atoms with Crippen molar-refractivity contribution >= 4 is 40.5 Å². The van der Waals surface area contributed by atoms with Crippen LogP contribution in [0.1, 0.15) is 28.7 Å². The lowest BCUT2D eigenvalue weighted by Gasteiger charge is -2.15. The van der Waals surface area contributed by atoms with Crippen molar-refractivity contribution in [3.8, 4) is 5.75 Å². The molecule has 0 aliphatic carbocycles. The normalized spacial score (nSPS) is 11.0. The Balaban J connectivity index is 1.66. The third-order valence-corrected chi connectivity index (χ3v) is 5.53. The van der Waals surface area contributed by atoms with Crippen molar-refractivity contribution in [2.75, 3.05) is 12.4 Å². The van der Waals surface area contributed by atoms with Gasteiger partial charge in [0.2, 0.25) is 5.28 Å². The maximum absolute atomic E-state index is 7.26. The number of benzene rings is 2. The number of nitrogens with zero attached hydrogens (tertiary/aromatic N) is 4. The third kappa shape index (κ3) is 4.57. The second-order valence-corrected chi connectivity index (χ2v) is 8.04. The van der Waals surface area contributed by atoms with E-state index in [1.165, 1.54) is 11.8 Å². The minimum Gasteiger partial charge on any atom is -0.497 e. The fourth-order valence-corrected chi connectivity index (χ4v) is 3.96. The highest BCUT2D eigenvalue weighted by molar-refractivity contribution is 6.28. The number of fused-ring (bicyclic) bond motifs is 1. The first-order valence-electron chi connectivity index (χ1n) is 10.4. The number of hydrogen-bond acceptors (Lipinski definition) is 6. The molecule has 0 unspecified atom stereocenters. The standard InChI is InChI=1S/C24H25ClN6O/c1-15-11-18(5-4-10-26)12-16(2)20(15)28-22-21-23(30-24(25)29-22)31(14-27-21)13-17-6-8-19(32-3)9-7-17/h6-12,14,26H,4-5,13H2,1-3H3,(H,28,29,30). The molecule has 7 nitrogen and oxygen atoms in total. The zero-order chi connectivity index (χ0) is 22.7. The van der Waals surface area contributed by atoms with Crippen molar-refractivity contribution < 1.29 is 4.74 Å². The lowest BCUT2D eigenvalue weighted by Crippen LogP contribution is -2.04. The van der Waals surface area contributed by atoms with Crippen LogP contribution in [0.4, 0.5) is 11.5 Å². The summed E-state index contributed by atoms with van der Waals surface area (Å²) >= 11 is 6.28. The Labute approximate surface area is 192 Å². The van der Waals surface area contributed by atoms with Gasteiger partial charge in [-0.05, 0) is 78.9 Å². The molecule has 0 aliphatic heterocycles. The molecule has 0 aliphatic rings. The molecule has 0 saturated heterocycles. The summed E-state index contributed by atoms with van der Waals surface area (Å²) in [5, 5.41) is 10.8. The first-order chi connectivity index (χ1) is 15.5. The molecule has 2 aromatic heterocycles.